The summed E-state index contributed by atoms with van der Waals surface area (Å²) in [6.07, 6.45) is 0. The first-order valence-corrected chi connectivity index (χ1v) is 8.35. The minimum absolute atomic E-state index is 0.0610. The number of carbonyl (C=O) groups is 1. The van der Waals surface area contributed by atoms with Crippen LogP contribution in [0.25, 0.3) is 11.0 Å². The number of halogens is 3. The monoisotopic (exact) mass is 382 g/mol. The van der Waals surface area contributed by atoms with Gasteiger partial charge in [0.05, 0.1) is 12.1 Å². The molecule has 0 fully saturated rings. The van der Waals surface area contributed by atoms with Crippen molar-refractivity contribution in [2.24, 2.45) is 0 Å². The molecular formula is C20H13F3N4O. The Morgan fingerprint density at radius 1 is 0.929 bits per heavy atom. The van der Waals surface area contributed by atoms with Crippen LogP contribution in [0.4, 0.5) is 18.9 Å². The number of rotatable bonds is 4. The molecule has 0 saturated carbocycles. The summed E-state index contributed by atoms with van der Waals surface area (Å²) in [6.45, 7) is 0.209. The van der Waals surface area contributed by atoms with Gasteiger partial charge in [0, 0.05) is 6.07 Å². The maximum Gasteiger partial charge on any atom is 0.258 e. The number of nitrogens with one attached hydrogen (secondary N) is 1. The first kappa shape index (κ1) is 17.7. The van der Waals surface area contributed by atoms with Gasteiger partial charge in [-0.15, -0.1) is 5.10 Å². The summed E-state index contributed by atoms with van der Waals surface area (Å²) < 4.78 is 43.9. The molecule has 0 radical (unpaired) electrons. The van der Waals surface area contributed by atoms with E-state index in [1.807, 2.05) is 30.3 Å². The van der Waals surface area contributed by atoms with Crippen LogP contribution < -0.4 is 5.32 Å². The molecule has 140 valence electrons. The van der Waals surface area contributed by atoms with Crippen molar-refractivity contribution in [3.63, 3.8) is 0 Å². The Balaban J connectivity index is 1.75. The second-order valence-electron chi connectivity index (χ2n) is 6.08. The number of fused-ring (bicyclic) bond motifs is 1. The van der Waals surface area contributed by atoms with Crippen molar-refractivity contribution < 1.29 is 18.0 Å². The second-order valence-corrected chi connectivity index (χ2v) is 6.08. The average Bonchev–Trinajstić information content (AvgIpc) is 3.10. The Labute approximate surface area is 157 Å². The second kappa shape index (κ2) is 7.15. The van der Waals surface area contributed by atoms with Gasteiger partial charge in [-0.05, 0) is 17.7 Å². The summed E-state index contributed by atoms with van der Waals surface area (Å²) in [5, 5.41) is 9.99. The van der Waals surface area contributed by atoms with E-state index in [0.29, 0.717) is 6.07 Å². The Morgan fingerprint density at radius 3 is 2.39 bits per heavy atom. The molecule has 3 aromatic carbocycles. The topological polar surface area (TPSA) is 59.8 Å². The van der Waals surface area contributed by atoms with Crippen LogP contribution in [0.2, 0.25) is 0 Å². The standard InChI is InChI=1S/C20H13F3N4O/c21-14-9-5-4-8-13(14)20(28)24-17-15(22)10-16(23)19-18(17)25-26-27(19)11-12-6-2-1-3-7-12/h1-10H,11H2,(H,24,28). The van der Waals surface area contributed by atoms with Gasteiger partial charge in [0.2, 0.25) is 0 Å². The highest BCUT2D eigenvalue weighted by atomic mass is 19.1. The predicted octanol–water partition coefficient (Wildman–Crippen LogP) is 4.15. The molecule has 0 spiro atoms. The fourth-order valence-electron chi connectivity index (χ4n) is 2.89. The number of hydrogen-bond acceptors (Lipinski definition) is 3. The van der Waals surface area contributed by atoms with E-state index in [1.165, 1.54) is 22.9 Å². The van der Waals surface area contributed by atoms with E-state index in [-0.39, 0.29) is 28.8 Å². The minimum atomic E-state index is -1.03. The number of hydrogen-bond donors (Lipinski definition) is 1. The van der Waals surface area contributed by atoms with E-state index in [4.69, 9.17) is 0 Å². The van der Waals surface area contributed by atoms with Crippen LogP contribution in [0.15, 0.2) is 60.7 Å². The highest BCUT2D eigenvalue weighted by Crippen LogP contribution is 2.28. The summed E-state index contributed by atoms with van der Waals surface area (Å²) in [7, 11) is 0. The van der Waals surface area contributed by atoms with Crippen LogP contribution in [0.3, 0.4) is 0 Å². The van der Waals surface area contributed by atoms with Crippen molar-refractivity contribution in [1.29, 1.82) is 0 Å². The molecule has 0 aliphatic carbocycles. The van der Waals surface area contributed by atoms with E-state index in [0.717, 1.165) is 11.6 Å². The third kappa shape index (κ3) is 3.20. The first-order valence-electron chi connectivity index (χ1n) is 8.35. The fraction of sp³-hybridized carbons (Fsp3) is 0.0500. The van der Waals surface area contributed by atoms with Gasteiger partial charge in [-0.1, -0.05) is 47.7 Å². The molecule has 0 aliphatic rings. The summed E-state index contributed by atoms with van der Waals surface area (Å²) in [4.78, 5) is 12.3. The maximum absolute atomic E-state index is 14.4. The van der Waals surface area contributed by atoms with Crippen LogP contribution >= 0.6 is 0 Å². The van der Waals surface area contributed by atoms with Gasteiger partial charge in [-0.2, -0.15) is 0 Å². The first-order chi connectivity index (χ1) is 13.5. The highest BCUT2D eigenvalue weighted by Gasteiger charge is 2.22. The van der Waals surface area contributed by atoms with E-state index >= 15 is 0 Å². The van der Waals surface area contributed by atoms with E-state index in [9.17, 15) is 18.0 Å². The third-order valence-electron chi connectivity index (χ3n) is 4.22. The number of amides is 1. The van der Waals surface area contributed by atoms with Crippen molar-refractivity contribution in [2.75, 3.05) is 5.32 Å². The van der Waals surface area contributed by atoms with E-state index in [2.05, 4.69) is 15.6 Å². The van der Waals surface area contributed by atoms with Gasteiger partial charge < -0.3 is 5.32 Å². The number of nitrogens with zero attached hydrogens (tertiary/aromatic N) is 3. The smallest absolute Gasteiger partial charge is 0.258 e. The summed E-state index contributed by atoms with van der Waals surface area (Å²) >= 11 is 0. The Bertz CT molecular complexity index is 1180. The normalized spacial score (nSPS) is 11.0. The molecule has 1 heterocycles. The number of carbonyl (C=O) groups excluding carboxylic acids is 1. The van der Waals surface area contributed by atoms with Gasteiger partial charge in [0.25, 0.3) is 5.91 Å². The molecule has 8 heteroatoms. The van der Waals surface area contributed by atoms with Crippen molar-refractivity contribution in [3.05, 3.63) is 89.2 Å². The zero-order valence-corrected chi connectivity index (χ0v) is 14.4. The van der Waals surface area contributed by atoms with E-state index in [1.54, 1.807) is 0 Å². The van der Waals surface area contributed by atoms with Crippen molar-refractivity contribution >= 4 is 22.6 Å². The molecule has 4 rings (SSSR count). The number of aromatic nitrogens is 3. The number of benzene rings is 3. The minimum Gasteiger partial charge on any atom is -0.317 e. The van der Waals surface area contributed by atoms with Gasteiger partial charge in [-0.3, -0.25) is 4.79 Å². The maximum atomic E-state index is 14.4. The molecule has 0 saturated heterocycles. The van der Waals surface area contributed by atoms with Crippen LogP contribution in [0, 0.1) is 17.5 Å². The third-order valence-corrected chi connectivity index (χ3v) is 4.22. The summed E-state index contributed by atoms with van der Waals surface area (Å²) in [5.74, 6) is -3.52. The summed E-state index contributed by atoms with van der Waals surface area (Å²) in [6, 6.07) is 15.1. The van der Waals surface area contributed by atoms with Crippen LogP contribution in [-0.4, -0.2) is 20.9 Å². The lowest BCUT2D eigenvalue weighted by atomic mass is 10.1. The lowest BCUT2D eigenvalue weighted by Gasteiger charge is -2.09. The molecule has 1 amide bonds. The zero-order chi connectivity index (χ0) is 19.7. The lowest BCUT2D eigenvalue weighted by molar-refractivity contribution is 0.102. The molecule has 1 aromatic heterocycles. The highest BCUT2D eigenvalue weighted by molar-refractivity contribution is 6.08. The molecule has 1 N–H and O–H groups in total. The van der Waals surface area contributed by atoms with Crippen molar-refractivity contribution in [3.8, 4) is 0 Å². The fourth-order valence-corrected chi connectivity index (χ4v) is 2.89. The Hall–Kier alpha value is -3.68. The molecule has 5 nitrogen and oxygen atoms in total. The quantitative estimate of drug-likeness (QED) is 0.577. The van der Waals surface area contributed by atoms with Crippen LogP contribution in [0.1, 0.15) is 15.9 Å². The Morgan fingerprint density at radius 2 is 1.64 bits per heavy atom. The van der Waals surface area contributed by atoms with Crippen LogP contribution in [0.5, 0.6) is 0 Å². The van der Waals surface area contributed by atoms with Crippen molar-refractivity contribution in [2.45, 2.75) is 6.54 Å². The molecule has 0 unspecified atom stereocenters. The largest absolute Gasteiger partial charge is 0.317 e. The van der Waals surface area contributed by atoms with Gasteiger partial charge >= 0.3 is 0 Å². The molecule has 0 bridgehead atoms. The summed E-state index contributed by atoms with van der Waals surface area (Å²) in [5.41, 5.74) is 0.00203. The molecule has 0 aliphatic heterocycles. The molecular weight excluding hydrogens is 369 g/mol. The molecule has 4 aromatic rings. The lowest BCUT2D eigenvalue weighted by Crippen LogP contribution is -2.15. The zero-order valence-electron chi connectivity index (χ0n) is 14.4. The SMILES string of the molecule is O=C(Nc1c(F)cc(F)c2c1nnn2Cc1ccccc1)c1ccccc1F. The van der Waals surface area contributed by atoms with Gasteiger partial charge in [-0.25, -0.2) is 17.9 Å². The number of anilines is 1. The van der Waals surface area contributed by atoms with Crippen molar-refractivity contribution in [1.82, 2.24) is 15.0 Å². The van der Waals surface area contributed by atoms with Crippen LogP contribution in [-0.2, 0) is 6.54 Å². The van der Waals surface area contributed by atoms with Gasteiger partial charge in [0.1, 0.15) is 22.5 Å². The van der Waals surface area contributed by atoms with Gasteiger partial charge in [0.15, 0.2) is 11.6 Å². The average molecular weight is 382 g/mol. The predicted molar refractivity (Wildman–Crippen MR) is 97.3 cm³/mol. The Kier molecular flexibility index (Phi) is 4.52. The van der Waals surface area contributed by atoms with E-state index < -0.39 is 23.4 Å². The molecule has 28 heavy (non-hydrogen) atoms. The molecule has 0 atom stereocenters.